The van der Waals surface area contributed by atoms with Crippen molar-refractivity contribution in [3.05, 3.63) is 108 Å². The van der Waals surface area contributed by atoms with Gasteiger partial charge in [-0.1, -0.05) is 42.5 Å². The number of ether oxygens (including phenoxy) is 1. The fourth-order valence-electron chi connectivity index (χ4n) is 3.15. The summed E-state index contributed by atoms with van der Waals surface area (Å²) in [4.78, 5) is 31.6. The first kappa shape index (κ1) is 21.0. The van der Waals surface area contributed by atoms with E-state index in [0.29, 0.717) is 6.61 Å². The molecular weight excluding hydrogens is 400 g/mol. The number of nitrogens with zero attached hydrogens (tertiary/aromatic N) is 1. The SMILES string of the molecule is O=C(/C=C/c1ccc(OCc2ccccn2)cc1)CC(=O)/C=C/c1ccc2cc[nH]c2c1. The van der Waals surface area contributed by atoms with Crippen LogP contribution in [-0.2, 0) is 16.2 Å². The number of benzene rings is 2. The highest BCUT2D eigenvalue weighted by Crippen LogP contribution is 2.16. The van der Waals surface area contributed by atoms with Gasteiger partial charge in [0.2, 0.25) is 0 Å². The van der Waals surface area contributed by atoms with E-state index in [4.69, 9.17) is 4.74 Å². The number of pyridine rings is 1. The van der Waals surface area contributed by atoms with E-state index in [9.17, 15) is 9.59 Å². The van der Waals surface area contributed by atoms with Gasteiger partial charge in [-0.25, -0.2) is 0 Å². The Labute approximate surface area is 186 Å². The first-order valence-corrected chi connectivity index (χ1v) is 10.3. The molecule has 0 amide bonds. The van der Waals surface area contributed by atoms with Gasteiger partial charge in [-0.15, -0.1) is 0 Å². The number of ketones is 2. The topological polar surface area (TPSA) is 72.0 Å². The van der Waals surface area contributed by atoms with Gasteiger partial charge in [0.25, 0.3) is 0 Å². The summed E-state index contributed by atoms with van der Waals surface area (Å²) in [5.74, 6) is 0.247. The first-order valence-electron chi connectivity index (χ1n) is 10.3. The molecule has 5 heteroatoms. The van der Waals surface area contributed by atoms with Crippen molar-refractivity contribution in [2.24, 2.45) is 0 Å². The molecule has 2 heterocycles. The van der Waals surface area contributed by atoms with E-state index in [0.717, 1.165) is 33.5 Å². The number of nitrogens with one attached hydrogen (secondary N) is 1. The van der Waals surface area contributed by atoms with E-state index in [1.807, 2.05) is 72.9 Å². The zero-order valence-electron chi connectivity index (χ0n) is 17.4. The van der Waals surface area contributed by atoms with Crippen molar-refractivity contribution in [3.63, 3.8) is 0 Å². The number of hydrogen-bond donors (Lipinski definition) is 1. The van der Waals surface area contributed by atoms with Gasteiger partial charge in [0.1, 0.15) is 12.4 Å². The molecule has 32 heavy (non-hydrogen) atoms. The van der Waals surface area contributed by atoms with Crippen LogP contribution in [0.2, 0.25) is 0 Å². The van der Waals surface area contributed by atoms with E-state index in [-0.39, 0.29) is 18.0 Å². The molecule has 5 nitrogen and oxygen atoms in total. The summed E-state index contributed by atoms with van der Waals surface area (Å²) in [5.41, 5.74) is 3.62. The number of rotatable bonds is 9. The number of allylic oxidation sites excluding steroid dienone is 2. The third-order valence-electron chi connectivity index (χ3n) is 4.84. The van der Waals surface area contributed by atoms with Crippen LogP contribution < -0.4 is 4.74 Å². The summed E-state index contributed by atoms with van der Waals surface area (Å²) < 4.78 is 5.70. The second kappa shape index (κ2) is 10.2. The summed E-state index contributed by atoms with van der Waals surface area (Å²) >= 11 is 0. The van der Waals surface area contributed by atoms with Crippen molar-refractivity contribution < 1.29 is 14.3 Å². The molecule has 2 aromatic heterocycles. The van der Waals surface area contributed by atoms with Crippen LogP contribution in [0.15, 0.2) is 91.3 Å². The van der Waals surface area contributed by atoms with E-state index >= 15 is 0 Å². The maximum atomic E-state index is 12.1. The van der Waals surface area contributed by atoms with Gasteiger partial charge in [-0.05, 0) is 65.1 Å². The molecule has 1 N–H and O–H groups in total. The fraction of sp³-hybridized carbons (Fsp3) is 0.0741. The molecular formula is C27H22N2O3. The van der Waals surface area contributed by atoms with Crippen LogP contribution in [0.1, 0.15) is 23.2 Å². The van der Waals surface area contributed by atoms with Crippen LogP contribution in [0.25, 0.3) is 23.1 Å². The van der Waals surface area contributed by atoms with Crippen molar-refractivity contribution in [3.8, 4) is 5.75 Å². The zero-order chi connectivity index (χ0) is 22.2. The summed E-state index contributed by atoms with van der Waals surface area (Å²) in [6, 6.07) is 20.9. The Hall–Kier alpha value is -4.25. The fourth-order valence-corrected chi connectivity index (χ4v) is 3.15. The lowest BCUT2D eigenvalue weighted by molar-refractivity contribution is -0.121. The summed E-state index contributed by atoms with van der Waals surface area (Å²) in [6.07, 6.45) is 9.74. The van der Waals surface area contributed by atoms with E-state index in [1.165, 1.54) is 12.2 Å². The molecule has 0 bridgehead atoms. The van der Waals surface area contributed by atoms with Crippen molar-refractivity contribution in [2.75, 3.05) is 0 Å². The highest BCUT2D eigenvalue weighted by molar-refractivity contribution is 6.11. The normalized spacial score (nSPS) is 11.4. The molecule has 158 valence electrons. The Kier molecular flexibility index (Phi) is 6.68. The molecule has 0 aliphatic rings. The highest BCUT2D eigenvalue weighted by atomic mass is 16.5. The lowest BCUT2D eigenvalue weighted by Gasteiger charge is -2.05. The van der Waals surface area contributed by atoms with Crippen LogP contribution in [0, 0.1) is 0 Å². The van der Waals surface area contributed by atoms with Gasteiger partial charge in [0.15, 0.2) is 11.6 Å². The Morgan fingerprint density at radius 1 is 0.875 bits per heavy atom. The minimum Gasteiger partial charge on any atom is -0.487 e. The van der Waals surface area contributed by atoms with Crippen molar-refractivity contribution in [1.29, 1.82) is 0 Å². The standard InChI is InChI=1S/C27H22N2O3/c30-24(18-25(31)11-6-21-4-9-22-14-16-29-27(22)17-21)10-5-20-7-12-26(13-8-20)32-19-23-3-1-2-15-28-23/h1-17,29H,18-19H2/b10-5+,11-6+. The third-order valence-corrected chi connectivity index (χ3v) is 4.84. The Bertz CT molecular complexity index is 1270. The molecule has 0 aliphatic heterocycles. The number of carbonyl (C=O) groups is 2. The maximum Gasteiger partial charge on any atom is 0.163 e. The minimum atomic E-state index is -0.241. The number of aromatic nitrogens is 2. The Balaban J connectivity index is 1.26. The predicted molar refractivity (Wildman–Crippen MR) is 126 cm³/mol. The van der Waals surface area contributed by atoms with Crippen LogP contribution in [0.5, 0.6) is 5.75 Å². The predicted octanol–water partition coefficient (Wildman–Crippen LogP) is 5.40. The number of aromatic amines is 1. The highest BCUT2D eigenvalue weighted by Gasteiger charge is 2.04. The zero-order valence-corrected chi connectivity index (χ0v) is 17.4. The van der Waals surface area contributed by atoms with Crippen LogP contribution in [-0.4, -0.2) is 21.5 Å². The molecule has 0 unspecified atom stereocenters. The van der Waals surface area contributed by atoms with Gasteiger partial charge in [-0.3, -0.25) is 14.6 Å². The molecule has 0 aliphatic carbocycles. The molecule has 0 radical (unpaired) electrons. The number of fused-ring (bicyclic) bond motifs is 1. The molecule has 0 atom stereocenters. The summed E-state index contributed by atoms with van der Waals surface area (Å²) in [7, 11) is 0. The van der Waals surface area contributed by atoms with Gasteiger partial charge in [-0.2, -0.15) is 0 Å². The van der Waals surface area contributed by atoms with Crippen molar-refractivity contribution >= 4 is 34.6 Å². The first-order chi connectivity index (χ1) is 15.7. The number of H-pyrrole nitrogens is 1. The largest absolute Gasteiger partial charge is 0.487 e. The number of carbonyl (C=O) groups excluding carboxylic acids is 2. The summed E-state index contributed by atoms with van der Waals surface area (Å²) in [6.45, 7) is 0.392. The summed E-state index contributed by atoms with van der Waals surface area (Å²) in [5, 5.41) is 1.11. The molecule has 0 spiro atoms. The van der Waals surface area contributed by atoms with Crippen molar-refractivity contribution in [1.82, 2.24) is 9.97 Å². The number of hydrogen-bond acceptors (Lipinski definition) is 4. The second-order valence-electron chi connectivity index (χ2n) is 7.28. The maximum absolute atomic E-state index is 12.1. The second-order valence-corrected chi connectivity index (χ2v) is 7.28. The van der Waals surface area contributed by atoms with Gasteiger partial charge >= 0.3 is 0 Å². The molecule has 0 fully saturated rings. The van der Waals surface area contributed by atoms with Crippen LogP contribution in [0.3, 0.4) is 0 Å². The van der Waals surface area contributed by atoms with Gasteiger partial charge in [0.05, 0.1) is 12.1 Å². The third kappa shape index (κ3) is 5.89. The lowest BCUT2D eigenvalue weighted by atomic mass is 10.1. The Morgan fingerprint density at radius 2 is 1.62 bits per heavy atom. The lowest BCUT2D eigenvalue weighted by Crippen LogP contribution is -2.01. The van der Waals surface area contributed by atoms with Gasteiger partial charge in [0, 0.05) is 17.9 Å². The molecule has 4 aromatic rings. The van der Waals surface area contributed by atoms with Crippen LogP contribution >= 0.6 is 0 Å². The molecule has 0 saturated carbocycles. The monoisotopic (exact) mass is 422 g/mol. The van der Waals surface area contributed by atoms with E-state index < -0.39 is 0 Å². The minimum absolute atomic E-state index is 0.164. The molecule has 0 saturated heterocycles. The quantitative estimate of drug-likeness (QED) is 0.290. The Morgan fingerprint density at radius 3 is 2.38 bits per heavy atom. The van der Waals surface area contributed by atoms with E-state index in [1.54, 1.807) is 18.3 Å². The average molecular weight is 422 g/mol. The molecule has 4 rings (SSSR count). The van der Waals surface area contributed by atoms with Gasteiger partial charge < -0.3 is 9.72 Å². The smallest absolute Gasteiger partial charge is 0.163 e. The molecule has 2 aromatic carbocycles. The average Bonchev–Trinajstić information content (AvgIpc) is 3.29. The van der Waals surface area contributed by atoms with Crippen molar-refractivity contribution in [2.45, 2.75) is 13.0 Å². The van der Waals surface area contributed by atoms with Crippen LogP contribution in [0.4, 0.5) is 0 Å². The van der Waals surface area contributed by atoms with E-state index in [2.05, 4.69) is 9.97 Å².